The lowest BCUT2D eigenvalue weighted by Gasteiger charge is -2.09. The lowest BCUT2D eigenvalue weighted by atomic mass is 10.0. The fraction of sp³-hybridized carbons (Fsp3) is 0.167. The molecule has 0 heterocycles. The number of halogens is 1. The summed E-state index contributed by atoms with van der Waals surface area (Å²) in [7, 11) is 0. The lowest BCUT2D eigenvalue weighted by Crippen LogP contribution is -2.34. The Kier molecular flexibility index (Phi) is 5.90. The molecule has 2 amide bonds. The molecule has 2 aromatic rings. The van der Waals surface area contributed by atoms with Crippen LogP contribution in [0.15, 0.2) is 35.4 Å². The quantitative estimate of drug-likeness (QED) is 0.481. The van der Waals surface area contributed by atoms with Crippen LogP contribution < -0.4 is 10.7 Å². The van der Waals surface area contributed by atoms with Gasteiger partial charge in [-0.1, -0.05) is 6.07 Å². The highest BCUT2D eigenvalue weighted by molar-refractivity contribution is 5.96. The van der Waals surface area contributed by atoms with E-state index in [4.69, 9.17) is 0 Å². The van der Waals surface area contributed by atoms with E-state index < -0.39 is 17.6 Å². The molecule has 0 saturated heterocycles. The van der Waals surface area contributed by atoms with Gasteiger partial charge < -0.3 is 15.5 Å². The minimum absolute atomic E-state index is 0.0405. The number of amides is 2. The predicted octanol–water partition coefficient (Wildman–Crippen LogP) is 1.73. The van der Waals surface area contributed by atoms with Gasteiger partial charge in [0.05, 0.1) is 12.8 Å². The molecule has 0 bridgehead atoms. The van der Waals surface area contributed by atoms with Crippen molar-refractivity contribution in [3.63, 3.8) is 0 Å². The maximum absolute atomic E-state index is 13.1. The highest BCUT2D eigenvalue weighted by atomic mass is 19.1. The number of carbonyl (C=O) groups is 2. The minimum atomic E-state index is -0.598. The van der Waals surface area contributed by atoms with Crippen molar-refractivity contribution in [2.45, 2.75) is 13.8 Å². The molecule has 4 N–H and O–H groups in total. The van der Waals surface area contributed by atoms with Gasteiger partial charge in [0.2, 0.25) is 0 Å². The first-order chi connectivity index (χ1) is 12.3. The van der Waals surface area contributed by atoms with E-state index in [1.807, 2.05) is 0 Å². The third kappa shape index (κ3) is 4.56. The number of rotatable bonds is 5. The molecule has 2 aromatic carbocycles. The number of hydrogen-bond acceptors (Lipinski definition) is 5. The molecule has 8 heteroatoms. The molecule has 0 atom stereocenters. The molecule has 0 unspecified atom stereocenters. The summed E-state index contributed by atoms with van der Waals surface area (Å²) >= 11 is 0. The summed E-state index contributed by atoms with van der Waals surface area (Å²) in [6.45, 7) is 2.86. The molecule has 136 valence electrons. The number of phenolic OH excluding ortho intramolecular Hbond substituents is 2. The second kappa shape index (κ2) is 8.11. The number of aromatic hydroxyl groups is 2. The van der Waals surface area contributed by atoms with E-state index in [0.29, 0.717) is 16.7 Å². The largest absolute Gasteiger partial charge is 0.508 e. The van der Waals surface area contributed by atoms with Gasteiger partial charge in [0.1, 0.15) is 17.3 Å². The van der Waals surface area contributed by atoms with Crippen molar-refractivity contribution in [3.05, 3.63) is 58.4 Å². The summed E-state index contributed by atoms with van der Waals surface area (Å²) in [5.41, 5.74) is 3.53. The van der Waals surface area contributed by atoms with Crippen LogP contribution in [-0.4, -0.2) is 34.8 Å². The first-order valence-corrected chi connectivity index (χ1v) is 7.67. The molecule has 26 heavy (non-hydrogen) atoms. The Hall–Kier alpha value is -3.42. The van der Waals surface area contributed by atoms with Gasteiger partial charge in [0, 0.05) is 16.7 Å². The van der Waals surface area contributed by atoms with Crippen LogP contribution in [0.1, 0.15) is 27.0 Å². The number of nitrogens with zero attached hydrogens (tertiary/aromatic N) is 1. The molecule has 0 aliphatic heterocycles. The van der Waals surface area contributed by atoms with Gasteiger partial charge in [-0.15, -0.1) is 0 Å². The number of carbonyl (C=O) groups excluding carboxylic acids is 2. The number of hydrazone groups is 1. The molecule has 0 aromatic heterocycles. The monoisotopic (exact) mass is 359 g/mol. The van der Waals surface area contributed by atoms with Crippen LogP contribution >= 0.6 is 0 Å². The Balaban J connectivity index is 1.92. The number of hydrogen-bond donors (Lipinski definition) is 4. The van der Waals surface area contributed by atoms with Crippen LogP contribution in [0.4, 0.5) is 4.39 Å². The van der Waals surface area contributed by atoms with Crippen molar-refractivity contribution in [2.24, 2.45) is 5.10 Å². The average molecular weight is 359 g/mol. The number of benzene rings is 2. The molecular formula is C18H18FN3O4. The highest BCUT2D eigenvalue weighted by Crippen LogP contribution is 2.31. The van der Waals surface area contributed by atoms with Crippen molar-refractivity contribution < 1.29 is 24.2 Å². The summed E-state index contributed by atoms with van der Waals surface area (Å²) < 4.78 is 13.1. The van der Waals surface area contributed by atoms with Crippen molar-refractivity contribution in [1.29, 1.82) is 0 Å². The van der Waals surface area contributed by atoms with Crippen LogP contribution in [0, 0.1) is 19.7 Å². The van der Waals surface area contributed by atoms with E-state index in [0.717, 1.165) is 6.07 Å². The Morgan fingerprint density at radius 3 is 2.65 bits per heavy atom. The smallest absolute Gasteiger partial charge is 0.259 e. The van der Waals surface area contributed by atoms with Crippen molar-refractivity contribution in [3.8, 4) is 11.5 Å². The van der Waals surface area contributed by atoms with Crippen LogP contribution in [-0.2, 0) is 4.79 Å². The molecule has 0 spiro atoms. The summed E-state index contributed by atoms with van der Waals surface area (Å²) in [6, 6.07) is 6.55. The second-order valence-electron chi connectivity index (χ2n) is 5.59. The van der Waals surface area contributed by atoms with Crippen molar-refractivity contribution >= 4 is 18.0 Å². The molecule has 0 radical (unpaired) electrons. The highest BCUT2D eigenvalue weighted by Gasteiger charge is 2.11. The van der Waals surface area contributed by atoms with Crippen LogP contribution in [0.25, 0.3) is 0 Å². The van der Waals surface area contributed by atoms with Crippen LogP contribution in [0.2, 0.25) is 0 Å². The Morgan fingerprint density at radius 1 is 1.23 bits per heavy atom. The zero-order valence-corrected chi connectivity index (χ0v) is 14.2. The van der Waals surface area contributed by atoms with E-state index in [1.165, 1.54) is 30.5 Å². The summed E-state index contributed by atoms with van der Waals surface area (Å²) in [5.74, 6) is -1.92. The van der Waals surface area contributed by atoms with Gasteiger partial charge in [-0.25, -0.2) is 9.82 Å². The van der Waals surface area contributed by atoms with Gasteiger partial charge in [-0.05, 0) is 43.7 Å². The first-order valence-electron chi connectivity index (χ1n) is 7.67. The topological polar surface area (TPSA) is 111 Å². The molecule has 0 saturated carbocycles. The Bertz CT molecular complexity index is 881. The Labute approximate surface area is 149 Å². The van der Waals surface area contributed by atoms with Gasteiger partial charge in [-0.3, -0.25) is 9.59 Å². The lowest BCUT2D eigenvalue weighted by molar-refractivity contribution is -0.120. The molecular weight excluding hydrogens is 341 g/mol. The second-order valence-corrected chi connectivity index (χ2v) is 5.59. The number of phenols is 2. The van der Waals surface area contributed by atoms with Crippen LogP contribution in [0.3, 0.4) is 0 Å². The fourth-order valence-corrected chi connectivity index (χ4v) is 2.16. The first kappa shape index (κ1) is 18.9. The van der Waals surface area contributed by atoms with Gasteiger partial charge in [0.25, 0.3) is 11.8 Å². The Morgan fingerprint density at radius 2 is 1.96 bits per heavy atom. The van der Waals surface area contributed by atoms with Crippen LogP contribution in [0.5, 0.6) is 11.5 Å². The predicted molar refractivity (Wildman–Crippen MR) is 93.7 cm³/mol. The maximum Gasteiger partial charge on any atom is 0.259 e. The van der Waals surface area contributed by atoms with E-state index in [2.05, 4.69) is 15.8 Å². The van der Waals surface area contributed by atoms with Gasteiger partial charge in [-0.2, -0.15) is 5.10 Å². The average Bonchev–Trinajstić information content (AvgIpc) is 2.60. The van der Waals surface area contributed by atoms with Crippen molar-refractivity contribution in [1.82, 2.24) is 10.7 Å². The van der Waals surface area contributed by atoms with E-state index >= 15 is 0 Å². The van der Waals surface area contributed by atoms with E-state index in [-0.39, 0.29) is 23.6 Å². The molecule has 0 aliphatic carbocycles. The van der Waals surface area contributed by atoms with Crippen molar-refractivity contribution in [2.75, 3.05) is 6.54 Å². The van der Waals surface area contributed by atoms with Gasteiger partial charge >= 0.3 is 0 Å². The summed E-state index contributed by atoms with van der Waals surface area (Å²) in [5, 5.41) is 25.7. The number of aryl methyl sites for hydroxylation is 1. The van der Waals surface area contributed by atoms with E-state index in [9.17, 15) is 24.2 Å². The maximum atomic E-state index is 13.1. The zero-order chi connectivity index (χ0) is 19.3. The molecule has 7 nitrogen and oxygen atoms in total. The standard InChI is InChI=1S/C18H18FN3O4/c1-10-6-15(23)11(2)17(25)14(10)8-21-22-16(24)9-20-18(26)12-4-3-5-13(19)7-12/h3-8,23,25H,9H2,1-2H3,(H,20,26)(H,22,24)/b21-8+. The van der Waals surface area contributed by atoms with E-state index in [1.54, 1.807) is 13.8 Å². The third-order valence-electron chi connectivity index (χ3n) is 3.65. The molecule has 2 rings (SSSR count). The number of nitrogens with one attached hydrogen (secondary N) is 2. The summed E-state index contributed by atoms with van der Waals surface area (Å²) in [6.07, 6.45) is 1.24. The molecule has 0 fully saturated rings. The summed E-state index contributed by atoms with van der Waals surface area (Å²) in [4.78, 5) is 23.5. The minimum Gasteiger partial charge on any atom is -0.508 e. The van der Waals surface area contributed by atoms with Gasteiger partial charge in [0.15, 0.2) is 0 Å². The zero-order valence-electron chi connectivity index (χ0n) is 14.2. The normalized spacial score (nSPS) is 10.7. The SMILES string of the molecule is Cc1cc(O)c(C)c(O)c1/C=N/NC(=O)CNC(=O)c1cccc(F)c1. The third-order valence-corrected chi connectivity index (χ3v) is 3.65. The molecule has 0 aliphatic rings. The fourth-order valence-electron chi connectivity index (χ4n) is 2.16.